The fourth-order valence-electron chi connectivity index (χ4n) is 3.17. The number of benzene rings is 2. The van der Waals surface area contributed by atoms with Crippen LogP contribution in [0.4, 0.5) is 13.2 Å². The van der Waals surface area contributed by atoms with Crippen LogP contribution >= 0.6 is 11.6 Å². The lowest BCUT2D eigenvalue weighted by molar-refractivity contribution is -0.139. The third-order valence-electron chi connectivity index (χ3n) is 4.58. The third-order valence-corrected chi connectivity index (χ3v) is 4.94. The lowest BCUT2D eigenvalue weighted by Crippen LogP contribution is -2.34. The summed E-state index contributed by atoms with van der Waals surface area (Å²) in [6.45, 7) is 3.47. The molecule has 7 heteroatoms. The zero-order chi connectivity index (χ0) is 19.4. The molecule has 3 nitrogen and oxygen atoms in total. The molecular formula is C20H21ClF3NO2. The first-order valence-electron chi connectivity index (χ1n) is 8.82. The van der Waals surface area contributed by atoms with E-state index in [9.17, 15) is 13.2 Å². The molecule has 2 aromatic rings. The highest BCUT2D eigenvalue weighted by Gasteiger charge is 2.36. The van der Waals surface area contributed by atoms with Crippen molar-refractivity contribution < 1.29 is 22.6 Å². The highest BCUT2D eigenvalue weighted by Crippen LogP contribution is 2.38. The number of ether oxygens (including phenoxy) is 2. The van der Waals surface area contributed by atoms with Crippen LogP contribution in [0.1, 0.15) is 35.3 Å². The van der Waals surface area contributed by atoms with Gasteiger partial charge in [-0.25, -0.2) is 0 Å². The Hall–Kier alpha value is -1.76. The predicted molar refractivity (Wildman–Crippen MR) is 98.2 cm³/mol. The van der Waals surface area contributed by atoms with Crippen LogP contribution < -0.4 is 10.1 Å². The Balaban J connectivity index is 1.85. The Morgan fingerprint density at radius 3 is 2.74 bits per heavy atom. The maximum atomic E-state index is 13.6. The second-order valence-electron chi connectivity index (χ2n) is 6.33. The van der Waals surface area contributed by atoms with Gasteiger partial charge in [-0.2, -0.15) is 13.2 Å². The lowest BCUT2D eigenvalue weighted by Gasteiger charge is -2.26. The molecule has 27 heavy (non-hydrogen) atoms. The molecule has 1 saturated heterocycles. The zero-order valence-corrected chi connectivity index (χ0v) is 15.7. The van der Waals surface area contributed by atoms with E-state index in [0.29, 0.717) is 24.7 Å². The van der Waals surface area contributed by atoms with Crippen LogP contribution in [0.15, 0.2) is 36.4 Å². The van der Waals surface area contributed by atoms with Crippen LogP contribution in [0.2, 0.25) is 5.02 Å². The molecule has 1 fully saturated rings. The minimum Gasteiger partial charge on any atom is -0.489 e. The van der Waals surface area contributed by atoms with E-state index in [0.717, 1.165) is 23.6 Å². The maximum Gasteiger partial charge on any atom is 0.416 e. The molecule has 3 rings (SSSR count). The van der Waals surface area contributed by atoms with Crippen LogP contribution in [0.5, 0.6) is 5.75 Å². The van der Waals surface area contributed by atoms with Crippen LogP contribution in [-0.4, -0.2) is 19.7 Å². The van der Waals surface area contributed by atoms with Crippen molar-refractivity contribution in [3.8, 4) is 5.75 Å². The van der Waals surface area contributed by atoms with E-state index < -0.39 is 17.8 Å². The standard InChI is InChI=1S/C20H21ClF3NO2/c1-2-13-4-3-5-18(21)16(13)12-27-14-6-7-15(17(10-14)20(22,23)24)19-11-25-8-9-26-19/h3-7,10,19,25H,2,8-9,11-12H2,1H3. The molecular weight excluding hydrogens is 379 g/mol. The van der Waals surface area contributed by atoms with E-state index in [1.54, 1.807) is 12.1 Å². The van der Waals surface area contributed by atoms with Crippen LogP contribution in [0, 0.1) is 0 Å². The summed E-state index contributed by atoms with van der Waals surface area (Å²) >= 11 is 6.22. The molecule has 146 valence electrons. The van der Waals surface area contributed by atoms with Crippen molar-refractivity contribution in [3.05, 3.63) is 63.7 Å². The average molecular weight is 400 g/mol. The van der Waals surface area contributed by atoms with Crippen molar-refractivity contribution in [1.82, 2.24) is 5.32 Å². The minimum absolute atomic E-state index is 0.112. The summed E-state index contributed by atoms with van der Waals surface area (Å²) in [6, 6.07) is 9.54. The molecule has 0 spiro atoms. The van der Waals surface area contributed by atoms with E-state index in [1.807, 2.05) is 19.1 Å². The zero-order valence-electron chi connectivity index (χ0n) is 14.9. The summed E-state index contributed by atoms with van der Waals surface area (Å²) in [6.07, 6.45) is -4.35. The highest BCUT2D eigenvalue weighted by molar-refractivity contribution is 6.31. The number of aryl methyl sites for hydroxylation is 1. The van der Waals surface area contributed by atoms with Crippen molar-refractivity contribution in [3.63, 3.8) is 0 Å². The Morgan fingerprint density at radius 2 is 2.07 bits per heavy atom. The van der Waals surface area contributed by atoms with Gasteiger partial charge in [0, 0.05) is 23.7 Å². The van der Waals surface area contributed by atoms with Gasteiger partial charge in [-0.3, -0.25) is 0 Å². The highest BCUT2D eigenvalue weighted by atomic mass is 35.5. The average Bonchev–Trinajstić information content (AvgIpc) is 2.66. The third kappa shape index (κ3) is 4.75. The van der Waals surface area contributed by atoms with Crippen LogP contribution in [0.3, 0.4) is 0 Å². The van der Waals surface area contributed by atoms with Gasteiger partial charge in [0.25, 0.3) is 0 Å². The quantitative estimate of drug-likeness (QED) is 0.753. The van der Waals surface area contributed by atoms with Gasteiger partial charge < -0.3 is 14.8 Å². The first kappa shape index (κ1) is 20.0. The summed E-state index contributed by atoms with van der Waals surface area (Å²) in [7, 11) is 0. The van der Waals surface area contributed by atoms with Gasteiger partial charge >= 0.3 is 6.18 Å². The second-order valence-corrected chi connectivity index (χ2v) is 6.74. The van der Waals surface area contributed by atoms with Gasteiger partial charge in [0.1, 0.15) is 12.4 Å². The van der Waals surface area contributed by atoms with Gasteiger partial charge in [0.15, 0.2) is 0 Å². The van der Waals surface area contributed by atoms with Gasteiger partial charge in [-0.05, 0) is 35.7 Å². The largest absolute Gasteiger partial charge is 0.489 e. The minimum atomic E-state index is -4.49. The van der Waals surface area contributed by atoms with Gasteiger partial charge in [0.2, 0.25) is 0 Å². The van der Waals surface area contributed by atoms with E-state index in [2.05, 4.69) is 5.32 Å². The van der Waals surface area contributed by atoms with Gasteiger partial charge in [0.05, 0.1) is 18.3 Å². The number of nitrogens with one attached hydrogen (secondary N) is 1. The summed E-state index contributed by atoms with van der Waals surface area (Å²) < 4.78 is 51.9. The Labute approximate surface area is 161 Å². The van der Waals surface area contributed by atoms with E-state index >= 15 is 0 Å². The summed E-state index contributed by atoms with van der Waals surface area (Å²) in [5.74, 6) is 0.150. The van der Waals surface area contributed by atoms with Crippen molar-refractivity contribution in [2.75, 3.05) is 19.7 Å². The monoisotopic (exact) mass is 399 g/mol. The molecule has 0 aromatic heterocycles. The van der Waals surface area contributed by atoms with Gasteiger partial charge in [-0.1, -0.05) is 36.7 Å². The van der Waals surface area contributed by atoms with Gasteiger partial charge in [-0.15, -0.1) is 0 Å². The van der Waals surface area contributed by atoms with E-state index in [-0.39, 0.29) is 17.9 Å². The molecule has 0 radical (unpaired) electrons. The smallest absolute Gasteiger partial charge is 0.416 e. The number of morpholine rings is 1. The molecule has 1 N–H and O–H groups in total. The Morgan fingerprint density at radius 1 is 1.26 bits per heavy atom. The van der Waals surface area contributed by atoms with Crippen LogP contribution in [-0.2, 0) is 23.9 Å². The predicted octanol–water partition coefficient (Wildman–Crippen LogP) is 5.16. The number of hydrogen-bond acceptors (Lipinski definition) is 3. The number of halogens is 4. The normalized spacial score (nSPS) is 17.7. The molecule has 1 aliphatic rings. The van der Waals surface area contributed by atoms with Crippen molar-refractivity contribution >= 4 is 11.6 Å². The molecule has 0 bridgehead atoms. The Kier molecular flexibility index (Phi) is 6.29. The molecule has 2 aromatic carbocycles. The molecule has 0 saturated carbocycles. The van der Waals surface area contributed by atoms with Crippen molar-refractivity contribution in [2.24, 2.45) is 0 Å². The summed E-state index contributed by atoms with van der Waals surface area (Å²) in [5, 5.41) is 3.60. The van der Waals surface area contributed by atoms with E-state index in [1.165, 1.54) is 6.07 Å². The first-order chi connectivity index (χ1) is 12.9. The van der Waals surface area contributed by atoms with Crippen molar-refractivity contribution in [1.29, 1.82) is 0 Å². The lowest BCUT2D eigenvalue weighted by atomic mass is 10.0. The SMILES string of the molecule is CCc1cccc(Cl)c1COc1ccc(C2CNCCO2)c(C(F)(F)F)c1. The fraction of sp³-hybridized carbons (Fsp3) is 0.400. The fourth-order valence-corrected chi connectivity index (χ4v) is 3.42. The Bertz CT molecular complexity index is 789. The number of rotatable bonds is 5. The van der Waals surface area contributed by atoms with Crippen LogP contribution in [0.25, 0.3) is 0 Å². The molecule has 0 amide bonds. The number of hydrogen-bond donors (Lipinski definition) is 1. The first-order valence-corrected chi connectivity index (χ1v) is 9.20. The summed E-state index contributed by atoms with van der Waals surface area (Å²) in [4.78, 5) is 0. The molecule has 1 unspecified atom stereocenters. The topological polar surface area (TPSA) is 30.5 Å². The number of alkyl halides is 3. The summed E-state index contributed by atoms with van der Waals surface area (Å²) in [5.41, 5.74) is 1.19. The molecule has 1 heterocycles. The second kappa shape index (κ2) is 8.50. The van der Waals surface area contributed by atoms with E-state index in [4.69, 9.17) is 21.1 Å². The molecule has 1 aliphatic heterocycles. The molecule has 0 aliphatic carbocycles. The molecule has 1 atom stereocenters. The maximum absolute atomic E-state index is 13.6. The van der Waals surface area contributed by atoms with Crippen molar-refractivity contribution in [2.45, 2.75) is 32.2 Å².